The Bertz CT molecular complexity index is 1970. The molecule has 0 aromatic rings. The molecule has 3 unspecified atom stereocenters. The summed E-state index contributed by atoms with van der Waals surface area (Å²) >= 11 is 0. The second-order valence-electron chi connectivity index (χ2n) is 28.1. The van der Waals surface area contributed by atoms with E-state index in [0.717, 1.165) is 115 Å². The number of phosphoric acid groups is 2. The third-order valence-electron chi connectivity index (χ3n) is 17.9. The number of allylic oxidation sites excluding steroid dienone is 4. The SMILES string of the molecule is CCCCCC/C=C\C=C/CCCCCCCC(=O)O[C@H](COC(=O)CCCCCCCCCCCCCCC(C)C)COP(=O)(O)OC[C@@H](O)COP(=O)(O)OC[C@@H](COC(=O)CCCCCCCCCCCCCCC)OC(=O)CCCCCCCCCCCCC(C)CC. The smallest absolute Gasteiger partial charge is 0.462 e. The Morgan fingerprint density at radius 3 is 0.928 bits per heavy atom. The van der Waals surface area contributed by atoms with Crippen molar-refractivity contribution in [2.45, 2.75) is 400 Å². The summed E-state index contributed by atoms with van der Waals surface area (Å²) in [5.41, 5.74) is 0. The van der Waals surface area contributed by atoms with Crippen molar-refractivity contribution >= 4 is 39.5 Å². The molecule has 0 fully saturated rings. The van der Waals surface area contributed by atoms with E-state index in [1.54, 1.807) is 0 Å². The number of unbranched alkanes of at least 4 members (excludes halogenated alkanes) is 41. The number of hydrogen-bond acceptors (Lipinski definition) is 15. The van der Waals surface area contributed by atoms with Crippen LogP contribution in [0.25, 0.3) is 0 Å². The van der Waals surface area contributed by atoms with Crippen molar-refractivity contribution < 1.29 is 80.2 Å². The van der Waals surface area contributed by atoms with Gasteiger partial charge in [-0.2, -0.15) is 0 Å². The van der Waals surface area contributed by atoms with Gasteiger partial charge in [-0.05, 0) is 63.2 Å². The van der Waals surface area contributed by atoms with Gasteiger partial charge in [0.05, 0.1) is 26.4 Å². The average Bonchev–Trinajstić information content (AvgIpc) is 1.18. The average molecular weight is 1420 g/mol. The molecule has 0 aromatic heterocycles. The van der Waals surface area contributed by atoms with Gasteiger partial charge in [-0.3, -0.25) is 37.3 Å². The number of aliphatic hydroxyl groups is 1. The summed E-state index contributed by atoms with van der Waals surface area (Å²) in [4.78, 5) is 72.9. The zero-order valence-electron chi connectivity index (χ0n) is 62.9. The lowest BCUT2D eigenvalue weighted by Gasteiger charge is -2.21. The third kappa shape index (κ3) is 70.4. The number of ether oxygens (including phenoxy) is 4. The molecule has 0 aliphatic heterocycles. The summed E-state index contributed by atoms with van der Waals surface area (Å²) in [6, 6.07) is 0. The lowest BCUT2D eigenvalue weighted by molar-refractivity contribution is -0.161. The van der Waals surface area contributed by atoms with Crippen LogP contribution in [0.2, 0.25) is 0 Å². The highest BCUT2D eigenvalue weighted by Crippen LogP contribution is 2.45. The summed E-state index contributed by atoms with van der Waals surface area (Å²) in [6.45, 7) is 9.58. The molecule has 0 radical (unpaired) electrons. The van der Waals surface area contributed by atoms with E-state index < -0.39 is 97.5 Å². The van der Waals surface area contributed by atoms with Crippen LogP contribution < -0.4 is 0 Å². The molecule has 0 amide bonds. The van der Waals surface area contributed by atoms with E-state index in [2.05, 4.69) is 65.8 Å². The first-order valence-corrected chi connectivity index (χ1v) is 42.8. The molecule has 0 aromatic carbocycles. The van der Waals surface area contributed by atoms with E-state index in [1.807, 2.05) is 0 Å². The van der Waals surface area contributed by atoms with Crippen molar-refractivity contribution in [2.75, 3.05) is 39.6 Å². The molecular weight excluding hydrogens is 1270 g/mol. The number of hydrogen-bond donors (Lipinski definition) is 3. The first-order chi connectivity index (χ1) is 46.9. The van der Waals surface area contributed by atoms with Crippen LogP contribution in [0.3, 0.4) is 0 Å². The van der Waals surface area contributed by atoms with Crippen LogP contribution in [0, 0.1) is 11.8 Å². The van der Waals surface area contributed by atoms with E-state index in [4.69, 9.17) is 37.0 Å². The second kappa shape index (κ2) is 69.3. The fourth-order valence-electron chi connectivity index (χ4n) is 11.4. The van der Waals surface area contributed by atoms with Crippen LogP contribution in [0.1, 0.15) is 382 Å². The minimum absolute atomic E-state index is 0.0851. The van der Waals surface area contributed by atoms with Gasteiger partial charge in [-0.1, -0.05) is 329 Å². The molecule has 19 heteroatoms. The van der Waals surface area contributed by atoms with E-state index in [-0.39, 0.29) is 25.7 Å². The Labute approximate surface area is 592 Å². The molecular formula is C78H148O17P2. The molecule has 3 N–H and O–H groups in total. The molecule has 0 heterocycles. The third-order valence-corrected chi connectivity index (χ3v) is 19.8. The van der Waals surface area contributed by atoms with E-state index in [1.165, 1.54) is 186 Å². The Morgan fingerprint density at radius 1 is 0.340 bits per heavy atom. The van der Waals surface area contributed by atoms with Gasteiger partial charge in [0.1, 0.15) is 19.3 Å². The monoisotopic (exact) mass is 1420 g/mol. The lowest BCUT2D eigenvalue weighted by Crippen LogP contribution is -2.30. The van der Waals surface area contributed by atoms with Crippen LogP contribution in [-0.4, -0.2) is 96.7 Å². The highest BCUT2D eigenvalue weighted by Gasteiger charge is 2.30. The van der Waals surface area contributed by atoms with Crippen molar-refractivity contribution in [2.24, 2.45) is 11.8 Å². The summed E-state index contributed by atoms with van der Waals surface area (Å²) in [7, 11) is -9.93. The zero-order valence-corrected chi connectivity index (χ0v) is 64.7. The van der Waals surface area contributed by atoms with Gasteiger partial charge in [0.2, 0.25) is 0 Å². The van der Waals surface area contributed by atoms with Crippen LogP contribution in [0.5, 0.6) is 0 Å². The number of carbonyl (C=O) groups is 4. The molecule has 0 aliphatic rings. The molecule has 0 saturated carbocycles. The van der Waals surface area contributed by atoms with Gasteiger partial charge in [0.25, 0.3) is 0 Å². The molecule has 17 nitrogen and oxygen atoms in total. The number of aliphatic hydroxyl groups excluding tert-OH is 1. The van der Waals surface area contributed by atoms with Crippen molar-refractivity contribution in [3.63, 3.8) is 0 Å². The number of phosphoric ester groups is 2. The second-order valence-corrected chi connectivity index (χ2v) is 31.0. The first kappa shape index (κ1) is 94.5. The topological polar surface area (TPSA) is 237 Å². The molecule has 97 heavy (non-hydrogen) atoms. The van der Waals surface area contributed by atoms with Crippen LogP contribution >= 0.6 is 15.6 Å². The van der Waals surface area contributed by atoms with Crippen molar-refractivity contribution in [3.8, 4) is 0 Å². The Hall–Kier alpha value is -2.46. The molecule has 0 rings (SSSR count). The molecule has 0 spiro atoms. The van der Waals surface area contributed by atoms with Gasteiger partial charge >= 0.3 is 39.5 Å². The number of carbonyl (C=O) groups excluding carboxylic acids is 4. The summed E-state index contributed by atoms with van der Waals surface area (Å²) in [5, 5.41) is 10.6. The summed E-state index contributed by atoms with van der Waals surface area (Å²) in [5.74, 6) is -0.561. The largest absolute Gasteiger partial charge is 0.472 e. The van der Waals surface area contributed by atoms with Crippen LogP contribution in [-0.2, 0) is 65.4 Å². The van der Waals surface area contributed by atoms with E-state index >= 15 is 0 Å². The van der Waals surface area contributed by atoms with Crippen LogP contribution in [0.15, 0.2) is 24.3 Å². The Balaban J connectivity index is 5.31. The van der Waals surface area contributed by atoms with Gasteiger partial charge in [-0.25, -0.2) is 9.13 Å². The van der Waals surface area contributed by atoms with Gasteiger partial charge < -0.3 is 33.8 Å². The van der Waals surface area contributed by atoms with Crippen molar-refractivity contribution in [3.05, 3.63) is 24.3 Å². The lowest BCUT2D eigenvalue weighted by atomic mass is 9.99. The van der Waals surface area contributed by atoms with E-state index in [9.17, 15) is 43.2 Å². The number of rotatable bonds is 75. The van der Waals surface area contributed by atoms with Gasteiger partial charge in [-0.15, -0.1) is 0 Å². The maximum Gasteiger partial charge on any atom is 0.472 e. The molecule has 6 atom stereocenters. The number of esters is 4. The maximum atomic E-state index is 13.1. The van der Waals surface area contributed by atoms with Crippen LogP contribution in [0.4, 0.5) is 0 Å². The zero-order chi connectivity index (χ0) is 71.4. The van der Waals surface area contributed by atoms with Gasteiger partial charge in [0, 0.05) is 25.7 Å². The Kier molecular flexibility index (Phi) is 67.5. The summed E-state index contributed by atoms with van der Waals surface area (Å²) < 4.78 is 68.6. The highest BCUT2D eigenvalue weighted by molar-refractivity contribution is 7.47. The standard InChI is InChI=1S/C78H148O17P2/c1-7-10-12-14-16-18-20-22-23-25-31-38-44-50-56-62-77(82)94-73(66-89-76(81)61-55-49-43-37-30-27-26-28-34-40-46-52-58-70(4)5)68-92-96(84,85)90-64-72(79)65-91-97(86,87)93-69-74(67-88-75(80)60-54-48-42-36-29-24-21-19-17-15-13-11-8-2)95-78(83)63-57-51-45-39-33-32-35-41-47-53-59-71(6)9-3/h18,20,22-23,70-74,79H,7-17,19,21,24-69H2,1-6H3,(H,84,85)(H,86,87)/b20-18-,23-22-/t71?,72-,73-,74-/m1/s1. The molecule has 572 valence electrons. The highest BCUT2D eigenvalue weighted by atomic mass is 31.2. The van der Waals surface area contributed by atoms with Crippen molar-refractivity contribution in [1.82, 2.24) is 0 Å². The fraction of sp³-hybridized carbons (Fsp3) is 0.897. The van der Waals surface area contributed by atoms with E-state index in [0.29, 0.717) is 25.7 Å². The molecule has 0 bridgehead atoms. The maximum absolute atomic E-state index is 13.1. The first-order valence-electron chi connectivity index (χ1n) is 39.8. The quantitative estimate of drug-likeness (QED) is 0.0169. The minimum atomic E-state index is -4.97. The molecule has 0 saturated heterocycles. The van der Waals surface area contributed by atoms with Gasteiger partial charge in [0.15, 0.2) is 12.2 Å². The minimum Gasteiger partial charge on any atom is -0.462 e. The predicted molar refractivity (Wildman–Crippen MR) is 395 cm³/mol. The molecule has 0 aliphatic carbocycles. The normalized spacial score (nSPS) is 14.4. The van der Waals surface area contributed by atoms with Crippen molar-refractivity contribution in [1.29, 1.82) is 0 Å². The Morgan fingerprint density at radius 2 is 0.608 bits per heavy atom. The predicted octanol–water partition coefficient (Wildman–Crippen LogP) is 22.7. The summed E-state index contributed by atoms with van der Waals surface area (Å²) in [6.07, 6.45) is 60.2. The fourth-order valence-corrected chi connectivity index (χ4v) is 13.0.